The van der Waals surface area contributed by atoms with Crippen LogP contribution in [0.5, 0.6) is 5.75 Å². The van der Waals surface area contributed by atoms with Crippen LogP contribution < -0.4 is 14.4 Å². The number of rotatable bonds is 9. The minimum Gasteiger partial charge on any atom is -0.491 e. The Bertz CT molecular complexity index is 1330. The average molecular weight is 541 g/mol. The Morgan fingerprint density at radius 2 is 1.72 bits per heavy atom. The Balaban J connectivity index is 1.81. The molecule has 1 N–H and O–H groups in total. The lowest BCUT2D eigenvalue weighted by atomic mass is 10.1. The number of anilines is 1. The molecule has 3 aromatic rings. The van der Waals surface area contributed by atoms with Crippen molar-refractivity contribution in [3.05, 3.63) is 88.4 Å². The summed E-state index contributed by atoms with van der Waals surface area (Å²) < 4.78 is 73.2. The SMILES string of the molecule is Cc1cccc(OCCNC(=O)CN(c2ccc(Cl)c(C(F)(F)F)c2)S(=O)(=O)c2ccccc2)c1C. The topological polar surface area (TPSA) is 75.7 Å². The Hall–Kier alpha value is -3.24. The highest BCUT2D eigenvalue weighted by atomic mass is 35.5. The lowest BCUT2D eigenvalue weighted by Gasteiger charge is -2.25. The minimum atomic E-state index is -4.82. The number of carbonyl (C=O) groups is 1. The molecule has 0 saturated carbocycles. The Morgan fingerprint density at radius 3 is 2.39 bits per heavy atom. The number of sulfonamides is 1. The predicted molar refractivity (Wildman–Crippen MR) is 132 cm³/mol. The molecular formula is C25H24ClF3N2O4S. The van der Waals surface area contributed by atoms with E-state index in [2.05, 4.69) is 5.32 Å². The number of carbonyl (C=O) groups excluding carboxylic acids is 1. The van der Waals surface area contributed by atoms with E-state index in [0.717, 1.165) is 23.3 Å². The molecule has 0 aromatic heterocycles. The summed E-state index contributed by atoms with van der Waals surface area (Å²) in [7, 11) is -4.38. The second kappa shape index (κ2) is 11.2. The second-order valence-electron chi connectivity index (χ2n) is 7.88. The molecule has 0 fully saturated rings. The van der Waals surface area contributed by atoms with E-state index in [1.54, 1.807) is 12.1 Å². The molecule has 3 rings (SSSR count). The second-order valence-corrected chi connectivity index (χ2v) is 10.2. The maximum atomic E-state index is 13.4. The summed E-state index contributed by atoms with van der Waals surface area (Å²) in [6.45, 7) is 3.25. The minimum absolute atomic E-state index is 0.0554. The van der Waals surface area contributed by atoms with Gasteiger partial charge in [-0.1, -0.05) is 41.9 Å². The summed E-state index contributed by atoms with van der Waals surface area (Å²) in [5, 5.41) is 1.96. The first-order valence-electron chi connectivity index (χ1n) is 10.8. The van der Waals surface area contributed by atoms with Crippen LogP contribution in [0.3, 0.4) is 0 Å². The van der Waals surface area contributed by atoms with Crippen molar-refractivity contribution in [1.82, 2.24) is 5.32 Å². The lowest BCUT2D eigenvalue weighted by Crippen LogP contribution is -2.42. The highest BCUT2D eigenvalue weighted by molar-refractivity contribution is 7.92. The fourth-order valence-electron chi connectivity index (χ4n) is 3.34. The molecule has 0 saturated heterocycles. The molecule has 0 aliphatic carbocycles. The van der Waals surface area contributed by atoms with Crippen LogP contribution >= 0.6 is 11.6 Å². The fraction of sp³-hybridized carbons (Fsp3) is 0.240. The van der Waals surface area contributed by atoms with Gasteiger partial charge >= 0.3 is 6.18 Å². The number of alkyl halides is 3. The molecular weight excluding hydrogens is 517 g/mol. The van der Waals surface area contributed by atoms with Gasteiger partial charge in [-0.15, -0.1) is 0 Å². The maximum Gasteiger partial charge on any atom is 0.417 e. The molecule has 0 bridgehead atoms. The van der Waals surface area contributed by atoms with E-state index in [4.69, 9.17) is 16.3 Å². The highest BCUT2D eigenvalue weighted by Gasteiger charge is 2.35. The average Bonchev–Trinajstić information content (AvgIpc) is 2.83. The molecule has 0 aliphatic heterocycles. The molecule has 0 radical (unpaired) electrons. The Morgan fingerprint density at radius 1 is 1.03 bits per heavy atom. The van der Waals surface area contributed by atoms with Crippen LogP contribution in [-0.4, -0.2) is 34.0 Å². The van der Waals surface area contributed by atoms with E-state index in [0.29, 0.717) is 16.1 Å². The van der Waals surface area contributed by atoms with Gasteiger partial charge in [-0.2, -0.15) is 13.2 Å². The smallest absolute Gasteiger partial charge is 0.417 e. The summed E-state index contributed by atoms with van der Waals surface area (Å²) in [4.78, 5) is 12.5. The number of hydrogen-bond donors (Lipinski definition) is 1. The number of benzene rings is 3. The van der Waals surface area contributed by atoms with Crippen molar-refractivity contribution in [1.29, 1.82) is 0 Å². The first kappa shape index (κ1) is 27.3. The maximum absolute atomic E-state index is 13.4. The quantitative estimate of drug-likeness (QED) is 0.370. The largest absolute Gasteiger partial charge is 0.491 e. The van der Waals surface area contributed by atoms with Crippen molar-refractivity contribution in [2.45, 2.75) is 24.9 Å². The summed E-state index contributed by atoms with van der Waals surface area (Å²) in [5.74, 6) is -0.0686. The van der Waals surface area contributed by atoms with Gasteiger partial charge in [0.1, 0.15) is 18.9 Å². The van der Waals surface area contributed by atoms with E-state index in [1.807, 2.05) is 26.0 Å². The van der Waals surface area contributed by atoms with Crippen molar-refractivity contribution in [2.75, 3.05) is 24.0 Å². The Labute approximate surface area is 212 Å². The first-order valence-corrected chi connectivity index (χ1v) is 12.6. The van der Waals surface area contributed by atoms with Crippen molar-refractivity contribution in [3.8, 4) is 5.75 Å². The monoisotopic (exact) mass is 540 g/mol. The van der Waals surface area contributed by atoms with Crippen LogP contribution in [0, 0.1) is 13.8 Å². The van der Waals surface area contributed by atoms with Gasteiger partial charge in [0.05, 0.1) is 27.7 Å². The van der Waals surface area contributed by atoms with E-state index >= 15 is 0 Å². The number of nitrogens with one attached hydrogen (secondary N) is 1. The van der Waals surface area contributed by atoms with Gasteiger partial charge in [-0.05, 0) is 61.4 Å². The number of halogens is 4. The predicted octanol–water partition coefficient (Wildman–Crippen LogP) is 5.37. The zero-order chi connectivity index (χ0) is 26.5. The summed E-state index contributed by atoms with van der Waals surface area (Å²) in [6.07, 6.45) is -4.82. The standard InChI is InChI=1S/C25H24ClF3N2O4S/c1-17-7-6-10-23(18(17)2)35-14-13-30-24(32)16-31(36(33,34)20-8-4-3-5-9-20)19-11-12-22(26)21(15-19)25(27,28)29/h3-12,15H,13-14,16H2,1-2H3,(H,30,32). The van der Waals surface area contributed by atoms with E-state index in [1.165, 1.54) is 24.3 Å². The fourth-order valence-corrected chi connectivity index (χ4v) is 5.00. The Kier molecular flexibility index (Phi) is 8.52. The van der Waals surface area contributed by atoms with Gasteiger partial charge in [0.25, 0.3) is 10.0 Å². The van der Waals surface area contributed by atoms with Gasteiger partial charge < -0.3 is 10.1 Å². The van der Waals surface area contributed by atoms with E-state index < -0.39 is 39.2 Å². The molecule has 0 unspecified atom stereocenters. The number of hydrogen-bond acceptors (Lipinski definition) is 4. The number of ether oxygens (including phenoxy) is 1. The van der Waals surface area contributed by atoms with E-state index in [-0.39, 0.29) is 23.7 Å². The number of nitrogens with zero attached hydrogens (tertiary/aromatic N) is 1. The molecule has 36 heavy (non-hydrogen) atoms. The van der Waals surface area contributed by atoms with E-state index in [9.17, 15) is 26.4 Å². The summed E-state index contributed by atoms with van der Waals surface area (Å²) >= 11 is 5.70. The van der Waals surface area contributed by atoms with Crippen LogP contribution in [0.2, 0.25) is 5.02 Å². The van der Waals surface area contributed by atoms with Crippen molar-refractivity contribution >= 4 is 33.2 Å². The van der Waals surface area contributed by atoms with Gasteiger partial charge in [-0.25, -0.2) is 8.42 Å². The summed E-state index contributed by atoms with van der Waals surface area (Å²) in [6, 6.07) is 15.4. The number of amides is 1. The van der Waals surface area contributed by atoms with Crippen LogP contribution in [-0.2, 0) is 21.0 Å². The molecule has 0 spiro atoms. The van der Waals surface area contributed by atoms with Crippen molar-refractivity contribution < 1.29 is 31.1 Å². The lowest BCUT2D eigenvalue weighted by molar-refractivity contribution is -0.137. The van der Waals surface area contributed by atoms with Crippen LogP contribution in [0.15, 0.2) is 71.6 Å². The van der Waals surface area contributed by atoms with Gasteiger partial charge in [0.2, 0.25) is 5.91 Å². The first-order chi connectivity index (χ1) is 16.9. The molecule has 3 aromatic carbocycles. The van der Waals surface area contributed by atoms with Crippen LogP contribution in [0.1, 0.15) is 16.7 Å². The van der Waals surface area contributed by atoms with Gasteiger partial charge in [0, 0.05) is 0 Å². The molecule has 0 heterocycles. The van der Waals surface area contributed by atoms with Crippen LogP contribution in [0.25, 0.3) is 0 Å². The molecule has 0 aliphatic rings. The van der Waals surface area contributed by atoms with Crippen molar-refractivity contribution in [2.24, 2.45) is 0 Å². The summed E-state index contributed by atoms with van der Waals surface area (Å²) in [5.41, 5.74) is 0.432. The van der Waals surface area contributed by atoms with Crippen LogP contribution in [0.4, 0.5) is 18.9 Å². The molecule has 0 atom stereocenters. The van der Waals surface area contributed by atoms with Gasteiger partial charge in [-0.3, -0.25) is 9.10 Å². The molecule has 192 valence electrons. The van der Waals surface area contributed by atoms with Crippen molar-refractivity contribution in [3.63, 3.8) is 0 Å². The molecule has 6 nitrogen and oxygen atoms in total. The molecule has 11 heteroatoms. The van der Waals surface area contributed by atoms with Gasteiger partial charge in [0.15, 0.2) is 0 Å². The highest BCUT2D eigenvalue weighted by Crippen LogP contribution is 2.38. The third-order valence-corrected chi connectivity index (χ3v) is 7.52. The normalized spacial score (nSPS) is 11.7. The number of aryl methyl sites for hydroxylation is 1. The third-order valence-electron chi connectivity index (χ3n) is 5.40. The molecule has 1 amide bonds. The zero-order valence-electron chi connectivity index (χ0n) is 19.5. The third kappa shape index (κ3) is 6.50. The zero-order valence-corrected chi connectivity index (χ0v) is 21.0.